The molecule has 2 rings (SSSR count). The van der Waals surface area contributed by atoms with Gasteiger partial charge < -0.3 is 20.3 Å². The maximum atomic E-state index is 12.6. The predicted molar refractivity (Wildman–Crippen MR) is 103 cm³/mol. The van der Waals surface area contributed by atoms with E-state index in [4.69, 9.17) is 4.74 Å². The Bertz CT molecular complexity index is 757. The van der Waals surface area contributed by atoms with Gasteiger partial charge in [-0.1, -0.05) is 18.2 Å². The van der Waals surface area contributed by atoms with Crippen LogP contribution in [0.3, 0.4) is 0 Å². The summed E-state index contributed by atoms with van der Waals surface area (Å²) in [6.45, 7) is 4.22. The molecule has 0 spiro atoms. The van der Waals surface area contributed by atoms with Crippen molar-refractivity contribution >= 4 is 17.6 Å². The smallest absolute Gasteiger partial charge is 0.319 e. The van der Waals surface area contributed by atoms with E-state index in [2.05, 4.69) is 10.6 Å². The first-order chi connectivity index (χ1) is 12.4. The summed E-state index contributed by atoms with van der Waals surface area (Å²) >= 11 is 0. The topological polar surface area (TPSA) is 70.7 Å². The Kier molecular flexibility index (Phi) is 6.60. The molecule has 2 aromatic carbocycles. The van der Waals surface area contributed by atoms with Gasteiger partial charge in [-0.2, -0.15) is 0 Å². The molecule has 0 saturated heterocycles. The average molecular weight is 355 g/mol. The number of rotatable bonds is 6. The van der Waals surface area contributed by atoms with Crippen molar-refractivity contribution in [1.82, 2.24) is 10.2 Å². The quantitative estimate of drug-likeness (QED) is 0.833. The minimum atomic E-state index is -0.271. The summed E-state index contributed by atoms with van der Waals surface area (Å²) in [5.74, 6) is 0.650. The SMILES string of the molecule is COc1ccccc1CN(C)C(=O)c1ccc(NC(=O)NC(C)C)cc1. The number of hydrogen-bond acceptors (Lipinski definition) is 3. The fourth-order valence-corrected chi connectivity index (χ4v) is 2.51. The van der Waals surface area contributed by atoms with Crippen LogP contribution in [0.1, 0.15) is 29.8 Å². The van der Waals surface area contributed by atoms with E-state index in [1.54, 1.807) is 43.3 Å². The lowest BCUT2D eigenvalue weighted by Gasteiger charge is -2.19. The first-order valence-electron chi connectivity index (χ1n) is 8.45. The van der Waals surface area contributed by atoms with Crippen LogP contribution >= 0.6 is 0 Å². The second-order valence-corrected chi connectivity index (χ2v) is 6.30. The van der Waals surface area contributed by atoms with Gasteiger partial charge in [-0.25, -0.2) is 4.79 Å². The Morgan fingerprint density at radius 3 is 2.35 bits per heavy atom. The Morgan fingerprint density at radius 2 is 1.73 bits per heavy atom. The molecule has 0 radical (unpaired) electrons. The highest BCUT2D eigenvalue weighted by atomic mass is 16.5. The zero-order valence-corrected chi connectivity index (χ0v) is 15.6. The molecule has 2 aromatic rings. The Labute approximate surface area is 154 Å². The largest absolute Gasteiger partial charge is 0.496 e. The van der Waals surface area contributed by atoms with Gasteiger partial charge in [0.25, 0.3) is 5.91 Å². The maximum Gasteiger partial charge on any atom is 0.319 e. The zero-order valence-electron chi connectivity index (χ0n) is 15.6. The summed E-state index contributed by atoms with van der Waals surface area (Å²) in [7, 11) is 3.36. The molecule has 26 heavy (non-hydrogen) atoms. The third kappa shape index (κ3) is 5.24. The molecule has 0 aliphatic heterocycles. The molecule has 0 heterocycles. The monoisotopic (exact) mass is 355 g/mol. The molecule has 0 atom stereocenters. The molecule has 0 aromatic heterocycles. The van der Waals surface area contributed by atoms with E-state index >= 15 is 0 Å². The predicted octanol–water partition coefficient (Wildman–Crippen LogP) is 3.50. The summed E-state index contributed by atoms with van der Waals surface area (Å²) in [5.41, 5.74) is 2.12. The van der Waals surface area contributed by atoms with Crippen LogP contribution in [0.2, 0.25) is 0 Å². The Balaban J connectivity index is 2.01. The van der Waals surface area contributed by atoms with Crippen molar-refractivity contribution < 1.29 is 14.3 Å². The lowest BCUT2D eigenvalue weighted by molar-refractivity contribution is 0.0784. The number of para-hydroxylation sites is 1. The number of carbonyl (C=O) groups excluding carboxylic acids is 2. The van der Waals surface area contributed by atoms with Crippen LogP contribution in [-0.4, -0.2) is 37.0 Å². The number of ether oxygens (including phenoxy) is 1. The van der Waals surface area contributed by atoms with Crippen LogP contribution < -0.4 is 15.4 Å². The molecular formula is C20H25N3O3. The van der Waals surface area contributed by atoms with E-state index < -0.39 is 0 Å². The molecule has 138 valence electrons. The van der Waals surface area contributed by atoms with E-state index in [0.717, 1.165) is 11.3 Å². The molecule has 2 N–H and O–H groups in total. The molecule has 6 heteroatoms. The Hall–Kier alpha value is -3.02. The number of methoxy groups -OCH3 is 1. The Morgan fingerprint density at radius 1 is 1.08 bits per heavy atom. The first-order valence-corrected chi connectivity index (χ1v) is 8.45. The lowest BCUT2D eigenvalue weighted by Crippen LogP contribution is -2.34. The van der Waals surface area contributed by atoms with Crippen LogP contribution in [0.4, 0.5) is 10.5 Å². The van der Waals surface area contributed by atoms with Gasteiger partial charge in [0.15, 0.2) is 0 Å². The zero-order chi connectivity index (χ0) is 19.1. The van der Waals surface area contributed by atoms with Gasteiger partial charge in [-0.3, -0.25) is 4.79 Å². The number of benzene rings is 2. The minimum absolute atomic E-state index is 0.0551. The molecule has 0 bridgehead atoms. The third-order valence-corrected chi connectivity index (χ3v) is 3.76. The number of hydrogen-bond donors (Lipinski definition) is 2. The van der Waals surface area contributed by atoms with Crippen LogP contribution in [0.5, 0.6) is 5.75 Å². The maximum absolute atomic E-state index is 12.6. The fourth-order valence-electron chi connectivity index (χ4n) is 2.51. The van der Waals surface area contributed by atoms with E-state index in [1.165, 1.54) is 0 Å². The third-order valence-electron chi connectivity index (χ3n) is 3.76. The first kappa shape index (κ1) is 19.3. The van der Waals surface area contributed by atoms with Crippen molar-refractivity contribution in [2.24, 2.45) is 0 Å². The highest BCUT2D eigenvalue weighted by Gasteiger charge is 2.14. The van der Waals surface area contributed by atoms with Gasteiger partial charge >= 0.3 is 6.03 Å². The van der Waals surface area contributed by atoms with Gasteiger partial charge in [0.2, 0.25) is 0 Å². The van der Waals surface area contributed by atoms with E-state index in [1.807, 2.05) is 38.1 Å². The van der Waals surface area contributed by atoms with Crippen LogP contribution in [0, 0.1) is 0 Å². The standard InChI is InChI=1S/C20H25N3O3/c1-14(2)21-20(25)22-17-11-9-15(10-12-17)19(24)23(3)13-16-7-5-6-8-18(16)26-4/h5-12,14H,13H2,1-4H3,(H2,21,22,25). The van der Waals surface area contributed by atoms with E-state index in [0.29, 0.717) is 17.8 Å². The van der Waals surface area contributed by atoms with Crippen LogP contribution in [-0.2, 0) is 6.54 Å². The number of amides is 3. The van der Waals surface area contributed by atoms with Crippen molar-refractivity contribution in [3.63, 3.8) is 0 Å². The van der Waals surface area contributed by atoms with Crippen molar-refractivity contribution in [2.45, 2.75) is 26.4 Å². The summed E-state index contributed by atoms with van der Waals surface area (Å²) < 4.78 is 5.33. The molecular weight excluding hydrogens is 330 g/mol. The molecule has 3 amide bonds. The number of anilines is 1. The van der Waals surface area contributed by atoms with Gasteiger partial charge in [-0.15, -0.1) is 0 Å². The van der Waals surface area contributed by atoms with Crippen LogP contribution in [0.25, 0.3) is 0 Å². The van der Waals surface area contributed by atoms with Gasteiger partial charge in [0.1, 0.15) is 5.75 Å². The van der Waals surface area contributed by atoms with Gasteiger partial charge in [0, 0.05) is 36.4 Å². The van der Waals surface area contributed by atoms with Crippen molar-refractivity contribution in [2.75, 3.05) is 19.5 Å². The summed E-state index contributed by atoms with van der Waals surface area (Å²) in [4.78, 5) is 25.9. The molecule has 0 aliphatic rings. The van der Waals surface area contributed by atoms with Crippen molar-refractivity contribution in [3.05, 3.63) is 59.7 Å². The molecule has 6 nitrogen and oxygen atoms in total. The molecule has 0 fully saturated rings. The number of nitrogens with zero attached hydrogens (tertiary/aromatic N) is 1. The minimum Gasteiger partial charge on any atom is -0.496 e. The van der Waals surface area contributed by atoms with Gasteiger partial charge in [0.05, 0.1) is 7.11 Å². The van der Waals surface area contributed by atoms with E-state index in [9.17, 15) is 9.59 Å². The summed E-state index contributed by atoms with van der Waals surface area (Å²) in [5, 5.41) is 5.48. The van der Waals surface area contributed by atoms with Crippen molar-refractivity contribution in [3.8, 4) is 5.75 Å². The highest BCUT2D eigenvalue weighted by Crippen LogP contribution is 2.20. The van der Waals surface area contributed by atoms with Crippen LogP contribution in [0.15, 0.2) is 48.5 Å². The summed E-state index contributed by atoms with van der Waals surface area (Å²) in [6.07, 6.45) is 0. The molecule has 0 saturated carbocycles. The normalized spacial score (nSPS) is 10.3. The molecule has 0 aliphatic carbocycles. The molecule has 0 unspecified atom stereocenters. The highest BCUT2D eigenvalue weighted by molar-refractivity contribution is 5.95. The lowest BCUT2D eigenvalue weighted by atomic mass is 10.1. The summed E-state index contributed by atoms with van der Waals surface area (Å²) in [6, 6.07) is 14.2. The average Bonchev–Trinajstić information content (AvgIpc) is 2.61. The second kappa shape index (κ2) is 8.89. The number of urea groups is 1. The fraction of sp³-hybridized carbons (Fsp3) is 0.300. The van der Waals surface area contributed by atoms with Gasteiger partial charge in [-0.05, 0) is 44.2 Å². The van der Waals surface area contributed by atoms with Crippen molar-refractivity contribution in [1.29, 1.82) is 0 Å². The number of carbonyl (C=O) groups is 2. The second-order valence-electron chi connectivity index (χ2n) is 6.30. The number of nitrogens with one attached hydrogen (secondary N) is 2. The van der Waals surface area contributed by atoms with E-state index in [-0.39, 0.29) is 18.0 Å².